The average molecular weight is 660 g/mol. The van der Waals surface area contributed by atoms with Gasteiger partial charge in [0, 0.05) is 18.2 Å². The molecule has 3 aromatic carbocycles. The van der Waals surface area contributed by atoms with Gasteiger partial charge < -0.3 is 30.2 Å². The highest BCUT2D eigenvalue weighted by Crippen LogP contribution is 2.34. The molecule has 5 aromatic rings. The molecule has 2 aliphatic rings. The van der Waals surface area contributed by atoms with Gasteiger partial charge in [0.25, 0.3) is 0 Å². The quantitative estimate of drug-likeness (QED) is 0.130. The van der Waals surface area contributed by atoms with Gasteiger partial charge in [-0.05, 0) is 77.6 Å². The Bertz CT molecular complexity index is 1950. The van der Waals surface area contributed by atoms with Crippen LogP contribution in [0.1, 0.15) is 76.6 Å². The van der Waals surface area contributed by atoms with Crippen LogP contribution in [0, 0.1) is 5.92 Å². The van der Waals surface area contributed by atoms with Crippen molar-refractivity contribution in [1.29, 1.82) is 0 Å². The fourth-order valence-corrected chi connectivity index (χ4v) is 7.30. The Kier molecular flexibility index (Phi) is 9.23. The van der Waals surface area contributed by atoms with Crippen LogP contribution in [0.3, 0.4) is 0 Å². The average Bonchev–Trinajstić information content (AvgIpc) is 3.96. The van der Waals surface area contributed by atoms with Crippen molar-refractivity contribution in [3.63, 3.8) is 0 Å². The van der Waals surface area contributed by atoms with E-state index in [0.717, 1.165) is 81.7 Å². The van der Waals surface area contributed by atoms with Gasteiger partial charge in [0.05, 0.1) is 43.0 Å². The Morgan fingerprint density at radius 2 is 1.49 bits per heavy atom. The molecule has 4 N–H and O–H groups in total. The summed E-state index contributed by atoms with van der Waals surface area (Å²) in [5.74, 6) is 1.58. The predicted molar refractivity (Wildman–Crippen MR) is 192 cm³/mol. The zero-order chi connectivity index (χ0) is 34.1. The number of nitrogens with one attached hydrogen (secondary N) is 4. The summed E-state index contributed by atoms with van der Waals surface area (Å²) >= 11 is 0. The number of aromatic amines is 2. The minimum absolute atomic E-state index is 0.0825. The first-order valence-corrected chi connectivity index (χ1v) is 17.5. The van der Waals surface area contributed by atoms with E-state index in [1.165, 1.54) is 13.5 Å². The molecule has 10 heteroatoms. The third-order valence-electron chi connectivity index (χ3n) is 10.2. The van der Waals surface area contributed by atoms with E-state index in [9.17, 15) is 9.59 Å². The van der Waals surface area contributed by atoms with E-state index < -0.39 is 12.1 Å². The summed E-state index contributed by atoms with van der Waals surface area (Å²) in [5.41, 5.74) is 6.42. The van der Waals surface area contributed by atoms with Crippen LogP contribution in [0.15, 0.2) is 73.1 Å². The summed E-state index contributed by atoms with van der Waals surface area (Å²) in [6.45, 7) is 6.68. The predicted octanol–water partition coefficient (Wildman–Crippen LogP) is 7.53. The van der Waals surface area contributed by atoms with Gasteiger partial charge in [-0.2, -0.15) is 0 Å². The fraction of sp³-hybridized carbons (Fsp3) is 0.385. The lowest BCUT2D eigenvalue weighted by Crippen LogP contribution is -2.51. The van der Waals surface area contributed by atoms with E-state index in [0.29, 0.717) is 18.6 Å². The molecular formula is C39H45N7O3. The molecule has 4 heterocycles. The molecule has 10 nitrogen and oxygen atoms in total. The van der Waals surface area contributed by atoms with Crippen molar-refractivity contribution in [3.8, 4) is 33.6 Å². The van der Waals surface area contributed by atoms with Crippen molar-refractivity contribution in [2.75, 3.05) is 13.7 Å². The van der Waals surface area contributed by atoms with Gasteiger partial charge in [0.15, 0.2) is 0 Å². The number of nitrogens with zero attached hydrogens (tertiary/aromatic N) is 3. The summed E-state index contributed by atoms with van der Waals surface area (Å²) in [6, 6.07) is 21.7. The van der Waals surface area contributed by atoms with Crippen LogP contribution in [0.25, 0.3) is 44.4 Å². The number of alkyl carbamates (subject to hydrolysis) is 1. The van der Waals surface area contributed by atoms with Crippen LogP contribution < -0.4 is 10.6 Å². The van der Waals surface area contributed by atoms with Crippen LogP contribution in [0.5, 0.6) is 0 Å². The molecule has 49 heavy (non-hydrogen) atoms. The van der Waals surface area contributed by atoms with Gasteiger partial charge in [-0.1, -0.05) is 69.3 Å². The van der Waals surface area contributed by atoms with Gasteiger partial charge in [0.1, 0.15) is 17.7 Å². The Morgan fingerprint density at radius 1 is 0.857 bits per heavy atom. The minimum Gasteiger partial charge on any atom is -0.453 e. The molecule has 7 rings (SSSR count). The highest BCUT2D eigenvalue weighted by Gasteiger charge is 2.37. The highest BCUT2D eigenvalue weighted by atomic mass is 16.5. The Labute approximate surface area is 287 Å². The normalized spacial score (nSPS) is 19.9. The molecule has 0 radical (unpaired) electrons. The lowest BCUT2D eigenvalue weighted by molar-refractivity contribution is -0.135. The number of hydrogen-bond donors (Lipinski definition) is 4. The third kappa shape index (κ3) is 6.70. The summed E-state index contributed by atoms with van der Waals surface area (Å²) in [5, 5.41) is 8.69. The smallest absolute Gasteiger partial charge is 0.407 e. The van der Waals surface area contributed by atoms with Crippen LogP contribution in [-0.4, -0.2) is 62.6 Å². The van der Waals surface area contributed by atoms with Crippen molar-refractivity contribution >= 4 is 22.8 Å². The Balaban J connectivity index is 1.04. The lowest BCUT2D eigenvalue weighted by Gasteiger charge is -2.30. The first-order chi connectivity index (χ1) is 23.8. The molecule has 2 amide bonds. The number of methoxy groups -OCH3 is 1. The number of amides is 2. The van der Waals surface area contributed by atoms with Gasteiger partial charge in [-0.25, -0.2) is 14.8 Å². The molecule has 4 atom stereocenters. The molecule has 2 aliphatic heterocycles. The number of hydrogen-bond acceptors (Lipinski definition) is 6. The lowest BCUT2D eigenvalue weighted by atomic mass is 9.98. The maximum atomic E-state index is 13.5. The second-order valence-corrected chi connectivity index (χ2v) is 13.7. The van der Waals surface area contributed by atoms with Crippen LogP contribution in [-0.2, 0) is 9.53 Å². The SMILES string of the molecule is CC[C@H]1CC[C@@H](c2ncc(-c3ccc(-c4ccc5cc(-c6cnc([C@@H]7CCCN7C(=O)[C@@H](NC(=O)OC)C(C)C)[nH]6)ccc5c4)cc3)[nH]2)N1. The van der Waals surface area contributed by atoms with Gasteiger partial charge in [0.2, 0.25) is 5.91 Å². The highest BCUT2D eigenvalue weighted by molar-refractivity contribution is 5.91. The number of fused-ring (bicyclic) bond motifs is 1. The van der Waals surface area contributed by atoms with Crippen molar-refractivity contribution in [2.24, 2.45) is 5.92 Å². The van der Waals surface area contributed by atoms with Gasteiger partial charge in [-0.3, -0.25) is 4.79 Å². The zero-order valence-electron chi connectivity index (χ0n) is 28.6. The molecule has 2 fully saturated rings. The van der Waals surface area contributed by atoms with Crippen LogP contribution in [0.2, 0.25) is 0 Å². The number of rotatable bonds is 9. The Hall–Kier alpha value is -4.96. The first kappa shape index (κ1) is 32.6. The van der Waals surface area contributed by atoms with E-state index in [4.69, 9.17) is 9.72 Å². The largest absolute Gasteiger partial charge is 0.453 e. The molecule has 0 saturated carbocycles. The van der Waals surface area contributed by atoms with E-state index in [2.05, 4.69) is 93.2 Å². The monoisotopic (exact) mass is 659 g/mol. The number of likely N-dealkylation sites (tertiary alicyclic amines) is 1. The first-order valence-electron chi connectivity index (χ1n) is 17.5. The van der Waals surface area contributed by atoms with E-state index >= 15 is 0 Å². The number of ether oxygens (including phenoxy) is 1. The van der Waals surface area contributed by atoms with E-state index in [1.54, 1.807) is 0 Å². The van der Waals surface area contributed by atoms with Crippen LogP contribution >= 0.6 is 0 Å². The number of aromatic nitrogens is 4. The molecular weight excluding hydrogens is 614 g/mol. The summed E-state index contributed by atoms with van der Waals surface area (Å²) < 4.78 is 4.76. The number of H-pyrrole nitrogens is 2. The minimum atomic E-state index is -0.664. The van der Waals surface area contributed by atoms with Crippen molar-refractivity contribution in [2.45, 2.75) is 77.0 Å². The van der Waals surface area contributed by atoms with E-state index in [1.807, 2.05) is 31.1 Å². The molecule has 0 bridgehead atoms. The number of imidazole rings is 2. The number of carbonyl (C=O) groups is 2. The standard InChI is InChI=1S/C39H45N7O3/c1-5-30-16-17-31(42-30)36-40-21-32(43-36)25-10-8-24(9-11-25)26-12-13-28-20-29(15-14-27(28)19-26)33-22-41-37(44-33)34-7-6-18-46(34)38(47)35(23(2)3)45-39(48)49-4/h8-15,19-23,30-31,34-35,42H,5-7,16-18H2,1-4H3,(H,40,43)(H,41,44)(H,45,48)/t30-,31-,34-,35-/m0/s1. The maximum Gasteiger partial charge on any atom is 0.407 e. The summed E-state index contributed by atoms with van der Waals surface area (Å²) in [6.07, 6.45) is 8.33. The summed E-state index contributed by atoms with van der Waals surface area (Å²) in [7, 11) is 1.30. The van der Waals surface area contributed by atoms with E-state index in [-0.39, 0.29) is 17.9 Å². The molecule has 254 valence electrons. The van der Waals surface area contributed by atoms with Crippen molar-refractivity contribution in [3.05, 3.63) is 84.7 Å². The number of benzene rings is 3. The second-order valence-electron chi connectivity index (χ2n) is 13.7. The third-order valence-corrected chi connectivity index (χ3v) is 10.2. The maximum absolute atomic E-state index is 13.5. The zero-order valence-corrected chi connectivity index (χ0v) is 28.6. The fourth-order valence-electron chi connectivity index (χ4n) is 7.30. The van der Waals surface area contributed by atoms with Crippen molar-refractivity contribution in [1.82, 2.24) is 35.5 Å². The molecule has 2 saturated heterocycles. The molecule has 0 unspecified atom stereocenters. The van der Waals surface area contributed by atoms with Gasteiger partial charge in [-0.15, -0.1) is 0 Å². The second kappa shape index (κ2) is 13.9. The van der Waals surface area contributed by atoms with Gasteiger partial charge >= 0.3 is 6.09 Å². The van der Waals surface area contributed by atoms with Crippen LogP contribution in [0.4, 0.5) is 4.79 Å². The van der Waals surface area contributed by atoms with Crippen molar-refractivity contribution < 1.29 is 14.3 Å². The summed E-state index contributed by atoms with van der Waals surface area (Å²) in [4.78, 5) is 43.7. The topological polar surface area (TPSA) is 128 Å². The molecule has 0 spiro atoms. The Morgan fingerprint density at radius 3 is 2.18 bits per heavy atom. The molecule has 2 aromatic heterocycles. The molecule has 0 aliphatic carbocycles. The number of carbonyl (C=O) groups excluding carboxylic acids is 2.